The number of nitro groups is 1. The second-order valence-corrected chi connectivity index (χ2v) is 6.32. The fourth-order valence-corrected chi connectivity index (χ4v) is 3.05. The highest BCUT2D eigenvalue weighted by Crippen LogP contribution is 2.23. The van der Waals surface area contributed by atoms with Crippen LogP contribution in [0, 0.1) is 17.0 Å². The predicted octanol–water partition coefficient (Wildman–Crippen LogP) is 4.06. The number of amides is 1. The Morgan fingerprint density at radius 2 is 2.08 bits per heavy atom. The van der Waals surface area contributed by atoms with Crippen LogP contribution in [0.25, 0.3) is 5.69 Å². The van der Waals surface area contributed by atoms with Crippen LogP contribution in [0.2, 0.25) is 0 Å². The van der Waals surface area contributed by atoms with Gasteiger partial charge in [-0.05, 0) is 37.4 Å². The minimum absolute atomic E-state index is 0.0282. The van der Waals surface area contributed by atoms with Gasteiger partial charge in [-0.3, -0.25) is 19.5 Å². The van der Waals surface area contributed by atoms with E-state index in [0.717, 1.165) is 10.8 Å². The van der Waals surface area contributed by atoms with Crippen molar-refractivity contribution < 1.29 is 9.72 Å². The van der Waals surface area contributed by atoms with E-state index in [1.54, 1.807) is 43.5 Å². The summed E-state index contributed by atoms with van der Waals surface area (Å²) in [7, 11) is 0. The molecule has 0 aliphatic heterocycles. The monoisotopic (exact) mass is 368 g/mol. The van der Waals surface area contributed by atoms with E-state index in [1.165, 1.54) is 17.8 Å². The van der Waals surface area contributed by atoms with E-state index in [2.05, 4.69) is 10.3 Å². The van der Waals surface area contributed by atoms with Crippen LogP contribution in [0.1, 0.15) is 15.9 Å². The molecule has 0 atom stereocenters. The third-order valence-electron chi connectivity index (χ3n) is 3.84. The van der Waals surface area contributed by atoms with Gasteiger partial charge in [0.05, 0.1) is 4.92 Å². The van der Waals surface area contributed by atoms with E-state index in [9.17, 15) is 14.9 Å². The Morgan fingerprint density at radius 1 is 1.27 bits per heavy atom. The highest BCUT2D eigenvalue weighted by atomic mass is 32.2. The molecule has 1 heterocycles. The zero-order valence-electron chi connectivity index (χ0n) is 14.2. The lowest BCUT2D eigenvalue weighted by Gasteiger charge is -2.09. The molecule has 0 saturated carbocycles. The smallest absolute Gasteiger partial charge is 0.274 e. The first-order valence-corrected chi connectivity index (χ1v) is 8.96. The summed E-state index contributed by atoms with van der Waals surface area (Å²) in [6.07, 6.45) is 5.45. The van der Waals surface area contributed by atoms with Crippen molar-refractivity contribution in [1.29, 1.82) is 0 Å². The second kappa shape index (κ2) is 7.40. The maximum atomic E-state index is 12.5. The molecule has 1 aromatic heterocycles. The Bertz CT molecular complexity index is 984. The summed E-state index contributed by atoms with van der Waals surface area (Å²) in [5, 5.41) is 14.6. The van der Waals surface area contributed by atoms with E-state index in [4.69, 9.17) is 0 Å². The fraction of sp³-hybridized carbons (Fsp3) is 0.111. The zero-order chi connectivity index (χ0) is 18.7. The fourth-order valence-electron chi connectivity index (χ4n) is 2.52. The molecule has 0 unspecified atom stereocenters. The normalized spacial score (nSPS) is 10.5. The van der Waals surface area contributed by atoms with Crippen LogP contribution in [0.5, 0.6) is 0 Å². The lowest BCUT2D eigenvalue weighted by atomic mass is 10.1. The summed E-state index contributed by atoms with van der Waals surface area (Å²) in [4.78, 5) is 27.4. The van der Waals surface area contributed by atoms with Crippen LogP contribution in [0.3, 0.4) is 0 Å². The van der Waals surface area contributed by atoms with E-state index in [1.807, 2.05) is 23.1 Å². The quantitative estimate of drug-likeness (QED) is 0.417. The molecule has 0 bridgehead atoms. The van der Waals surface area contributed by atoms with Crippen LogP contribution in [0.15, 0.2) is 60.0 Å². The molecule has 2 aromatic carbocycles. The van der Waals surface area contributed by atoms with Crippen molar-refractivity contribution in [3.05, 3.63) is 76.1 Å². The Morgan fingerprint density at radius 3 is 2.81 bits per heavy atom. The van der Waals surface area contributed by atoms with Gasteiger partial charge >= 0.3 is 0 Å². The first-order chi connectivity index (χ1) is 12.5. The minimum Gasteiger partial charge on any atom is -0.322 e. The second-order valence-electron chi connectivity index (χ2n) is 5.55. The SMILES string of the molecule is CSc1nccn1-c1cccc(C(=O)Nc2ccc(C)c([N+](=O)[O-])c2)c1. The molecular formula is C18H16N4O3S. The highest BCUT2D eigenvalue weighted by Gasteiger charge is 2.14. The molecule has 26 heavy (non-hydrogen) atoms. The van der Waals surface area contributed by atoms with E-state index < -0.39 is 4.92 Å². The maximum Gasteiger partial charge on any atom is 0.274 e. The molecule has 0 radical (unpaired) electrons. The van der Waals surface area contributed by atoms with Gasteiger partial charge in [0, 0.05) is 41.0 Å². The van der Waals surface area contributed by atoms with Crippen molar-refractivity contribution in [3.8, 4) is 5.69 Å². The summed E-state index contributed by atoms with van der Waals surface area (Å²) in [5.74, 6) is -0.337. The van der Waals surface area contributed by atoms with Crippen molar-refractivity contribution in [1.82, 2.24) is 9.55 Å². The molecular weight excluding hydrogens is 352 g/mol. The highest BCUT2D eigenvalue weighted by molar-refractivity contribution is 7.98. The molecule has 0 spiro atoms. The van der Waals surface area contributed by atoms with Gasteiger partial charge in [0.2, 0.25) is 0 Å². The van der Waals surface area contributed by atoms with Gasteiger partial charge in [-0.25, -0.2) is 4.98 Å². The van der Waals surface area contributed by atoms with Crippen molar-refractivity contribution in [2.24, 2.45) is 0 Å². The lowest BCUT2D eigenvalue weighted by molar-refractivity contribution is -0.385. The molecule has 0 saturated heterocycles. The molecule has 1 amide bonds. The molecule has 0 aliphatic carbocycles. The van der Waals surface area contributed by atoms with Gasteiger partial charge in [0.15, 0.2) is 5.16 Å². The Balaban J connectivity index is 1.86. The number of rotatable bonds is 5. The van der Waals surface area contributed by atoms with Crippen molar-refractivity contribution in [2.75, 3.05) is 11.6 Å². The van der Waals surface area contributed by atoms with Crippen LogP contribution >= 0.6 is 11.8 Å². The average molecular weight is 368 g/mol. The van der Waals surface area contributed by atoms with Gasteiger partial charge in [-0.1, -0.05) is 23.9 Å². The lowest BCUT2D eigenvalue weighted by Crippen LogP contribution is -2.12. The van der Waals surface area contributed by atoms with Crippen LogP contribution in [-0.2, 0) is 0 Å². The number of benzene rings is 2. The number of aromatic nitrogens is 2. The summed E-state index contributed by atoms with van der Waals surface area (Å²) in [5.41, 5.74) is 2.16. The van der Waals surface area contributed by atoms with E-state index in [-0.39, 0.29) is 11.6 Å². The number of imidazole rings is 1. The predicted molar refractivity (Wildman–Crippen MR) is 101 cm³/mol. The van der Waals surface area contributed by atoms with Gasteiger partial charge in [0.25, 0.3) is 11.6 Å². The average Bonchev–Trinajstić information content (AvgIpc) is 3.12. The standard InChI is InChI=1S/C18H16N4O3S/c1-12-6-7-14(11-16(12)22(24)25)20-17(23)13-4-3-5-15(10-13)21-9-8-19-18(21)26-2/h3-11H,1-2H3,(H,20,23). The Hall–Kier alpha value is -3.13. The number of nitro benzene ring substituents is 1. The van der Waals surface area contributed by atoms with Gasteiger partial charge in [0.1, 0.15) is 0 Å². The number of thioether (sulfide) groups is 1. The maximum absolute atomic E-state index is 12.5. The number of carbonyl (C=O) groups is 1. The third-order valence-corrected chi connectivity index (χ3v) is 4.51. The third kappa shape index (κ3) is 3.60. The number of hydrogen-bond acceptors (Lipinski definition) is 5. The number of anilines is 1. The molecule has 132 valence electrons. The molecule has 0 fully saturated rings. The number of carbonyl (C=O) groups excluding carboxylic acids is 1. The van der Waals surface area contributed by atoms with Crippen LogP contribution in [-0.4, -0.2) is 26.6 Å². The van der Waals surface area contributed by atoms with Crippen molar-refractivity contribution in [2.45, 2.75) is 12.1 Å². The molecule has 0 aliphatic rings. The summed E-state index contributed by atoms with van der Waals surface area (Å²) >= 11 is 1.51. The number of hydrogen-bond donors (Lipinski definition) is 1. The largest absolute Gasteiger partial charge is 0.322 e. The molecule has 7 nitrogen and oxygen atoms in total. The first-order valence-electron chi connectivity index (χ1n) is 7.74. The Kier molecular flexibility index (Phi) is 5.04. The minimum atomic E-state index is -0.464. The Labute approximate surface area is 154 Å². The van der Waals surface area contributed by atoms with Crippen molar-refractivity contribution >= 4 is 29.0 Å². The summed E-state index contributed by atoms with van der Waals surface area (Å²) in [6.45, 7) is 1.65. The van der Waals surface area contributed by atoms with Crippen molar-refractivity contribution in [3.63, 3.8) is 0 Å². The number of nitrogens with zero attached hydrogens (tertiary/aromatic N) is 3. The van der Waals surface area contributed by atoms with Gasteiger partial charge < -0.3 is 5.32 Å². The number of nitrogens with one attached hydrogen (secondary N) is 1. The molecule has 1 N–H and O–H groups in total. The van der Waals surface area contributed by atoms with Gasteiger partial charge in [-0.2, -0.15) is 0 Å². The molecule has 3 aromatic rings. The summed E-state index contributed by atoms with van der Waals surface area (Å²) in [6, 6.07) is 11.7. The van der Waals surface area contributed by atoms with Crippen LogP contribution in [0.4, 0.5) is 11.4 Å². The summed E-state index contributed by atoms with van der Waals surface area (Å²) < 4.78 is 1.89. The molecule has 8 heteroatoms. The van der Waals surface area contributed by atoms with E-state index >= 15 is 0 Å². The topological polar surface area (TPSA) is 90.1 Å². The first kappa shape index (κ1) is 17.7. The van der Waals surface area contributed by atoms with Gasteiger partial charge in [-0.15, -0.1) is 0 Å². The zero-order valence-corrected chi connectivity index (χ0v) is 15.0. The van der Waals surface area contributed by atoms with E-state index in [0.29, 0.717) is 16.8 Å². The molecule has 3 rings (SSSR count). The van der Waals surface area contributed by atoms with Crippen LogP contribution < -0.4 is 5.32 Å². The number of aryl methyl sites for hydroxylation is 1.